The molecule has 3 rings (SSSR count). The minimum atomic E-state index is -0.233. The van der Waals surface area contributed by atoms with Crippen molar-refractivity contribution in [3.8, 4) is 22.4 Å². The predicted molar refractivity (Wildman–Crippen MR) is 75.5 cm³/mol. The Hall–Kier alpha value is -2.07. The number of halogens is 1. The first-order valence-electron chi connectivity index (χ1n) is 5.86. The maximum absolute atomic E-state index is 12.9. The number of thiazole rings is 1. The molecule has 0 aliphatic rings. The summed E-state index contributed by atoms with van der Waals surface area (Å²) >= 11 is 1.61. The molecule has 0 aliphatic heterocycles. The van der Waals surface area contributed by atoms with E-state index in [9.17, 15) is 4.39 Å². The molecule has 0 saturated carbocycles. The minimum absolute atomic E-state index is 0.233. The Labute approximate surface area is 114 Å². The normalized spacial score (nSPS) is 10.6. The summed E-state index contributed by atoms with van der Waals surface area (Å²) in [6, 6.07) is 8.43. The fourth-order valence-corrected chi connectivity index (χ4v) is 2.50. The standard InChI is InChI=1S/C15H11FN2S/c1-10-18-15(9-19-10)13-6-12(7-17-8-13)11-2-4-14(16)5-3-11/h2-9H,1H3. The summed E-state index contributed by atoms with van der Waals surface area (Å²) < 4.78 is 12.9. The molecule has 19 heavy (non-hydrogen) atoms. The lowest BCUT2D eigenvalue weighted by molar-refractivity contribution is 0.628. The summed E-state index contributed by atoms with van der Waals surface area (Å²) in [6.45, 7) is 1.98. The third-order valence-corrected chi connectivity index (χ3v) is 3.60. The molecule has 0 radical (unpaired) electrons. The maximum atomic E-state index is 12.9. The zero-order valence-electron chi connectivity index (χ0n) is 10.3. The van der Waals surface area contributed by atoms with E-state index in [1.165, 1.54) is 12.1 Å². The Morgan fingerprint density at radius 3 is 2.42 bits per heavy atom. The zero-order chi connectivity index (χ0) is 13.2. The van der Waals surface area contributed by atoms with E-state index in [0.29, 0.717) is 0 Å². The second-order valence-corrected chi connectivity index (χ2v) is 5.28. The topological polar surface area (TPSA) is 25.8 Å². The molecule has 0 bridgehead atoms. The van der Waals surface area contributed by atoms with Crippen LogP contribution in [0.2, 0.25) is 0 Å². The molecule has 4 heteroatoms. The van der Waals surface area contributed by atoms with Crippen molar-refractivity contribution in [1.82, 2.24) is 9.97 Å². The molecular weight excluding hydrogens is 259 g/mol. The van der Waals surface area contributed by atoms with Gasteiger partial charge in [-0.15, -0.1) is 11.3 Å². The first kappa shape index (κ1) is 12.0. The van der Waals surface area contributed by atoms with E-state index < -0.39 is 0 Å². The maximum Gasteiger partial charge on any atom is 0.123 e. The third kappa shape index (κ3) is 2.53. The predicted octanol–water partition coefficient (Wildman–Crippen LogP) is 4.32. The van der Waals surface area contributed by atoms with Crippen LogP contribution in [0.3, 0.4) is 0 Å². The Kier molecular flexibility index (Phi) is 3.09. The van der Waals surface area contributed by atoms with Gasteiger partial charge < -0.3 is 0 Å². The fourth-order valence-electron chi connectivity index (χ4n) is 1.88. The highest BCUT2D eigenvalue weighted by Crippen LogP contribution is 2.26. The second kappa shape index (κ2) is 4.90. The lowest BCUT2D eigenvalue weighted by atomic mass is 10.1. The van der Waals surface area contributed by atoms with Crippen molar-refractivity contribution >= 4 is 11.3 Å². The van der Waals surface area contributed by atoms with E-state index >= 15 is 0 Å². The van der Waals surface area contributed by atoms with Crippen LogP contribution in [-0.2, 0) is 0 Å². The number of benzene rings is 1. The van der Waals surface area contributed by atoms with Gasteiger partial charge >= 0.3 is 0 Å². The van der Waals surface area contributed by atoms with Gasteiger partial charge in [-0.25, -0.2) is 9.37 Å². The van der Waals surface area contributed by atoms with Crippen LogP contribution < -0.4 is 0 Å². The molecule has 2 nitrogen and oxygen atoms in total. The molecule has 3 aromatic rings. The molecule has 0 N–H and O–H groups in total. The molecular formula is C15H11FN2S. The largest absolute Gasteiger partial charge is 0.263 e. The van der Waals surface area contributed by atoms with E-state index in [1.54, 1.807) is 35.9 Å². The molecule has 0 unspecified atom stereocenters. The van der Waals surface area contributed by atoms with Crippen molar-refractivity contribution in [3.63, 3.8) is 0 Å². The van der Waals surface area contributed by atoms with Crippen LogP contribution >= 0.6 is 11.3 Å². The van der Waals surface area contributed by atoms with Gasteiger partial charge in [0.15, 0.2) is 0 Å². The van der Waals surface area contributed by atoms with Crippen LogP contribution in [0.25, 0.3) is 22.4 Å². The van der Waals surface area contributed by atoms with Gasteiger partial charge in [-0.05, 0) is 30.7 Å². The molecule has 1 aromatic carbocycles. The molecule has 0 aliphatic carbocycles. The van der Waals surface area contributed by atoms with E-state index in [1.807, 2.05) is 18.4 Å². The molecule has 0 fully saturated rings. The van der Waals surface area contributed by atoms with Gasteiger partial charge in [0, 0.05) is 28.9 Å². The van der Waals surface area contributed by atoms with Crippen molar-refractivity contribution in [1.29, 1.82) is 0 Å². The highest BCUT2D eigenvalue weighted by atomic mass is 32.1. The Morgan fingerprint density at radius 2 is 1.74 bits per heavy atom. The third-order valence-electron chi connectivity index (χ3n) is 2.83. The highest BCUT2D eigenvalue weighted by molar-refractivity contribution is 7.09. The van der Waals surface area contributed by atoms with Gasteiger partial charge in [0.2, 0.25) is 0 Å². The highest BCUT2D eigenvalue weighted by Gasteiger charge is 2.05. The monoisotopic (exact) mass is 270 g/mol. The Bertz CT molecular complexity index is 704. The van der Waals surface area contributed by atoms with Crippen molar-refractivity contribution < 1.29 is 4.39 Å². The van der Waals surface area contributed by atoms with Crippen molar-refractivity contribution in [2.75, 3.05) is 0 Å². The number of hydrogen-bond donors (Lipinski definition) is 0. The zero-order valence-corrected chi connectivity index (χ0v) is 11.1. The molecule has 2 aromatic heterocycles. The average molecular weight is 270 g/mol. The summed E-state index contributed by atoms with van der Waals surface area (Å²) in [5, 5.41) is 3.04. The van der Waals surface area contributed by atoms with Gasteiger partial charge in [0.25, 0.3) is 0 Å². The number of aromatic nitrogens is 2. The first-order chi connectivity index (χ1) is 9.22. The first-order valence-corrected chi connectivity index (χ1v) is 6.74. The van der Waals surface area contributed by atoms with Gasteiger partial charge in [0.1, 0.15) is 5.82 Å². The lowest BCUT2D eigenvalue weighted by Crippen LogP contribution is -1.85. The van der Waals surface area contributed by atoms with Crippen LogP contribution in [0, 0.1) is 12.7 Å². The fraction of sp³-hybridized carbons (Fsp3) is 0.0667. The summed E-state index contributed by atoms with van der Waals surface area (Å²) in [5.41, 5.74) is 3.82. The molecule has 0 spiro atoms. The molecule has 2 heterocycles. The van der Waals surface area contributed by atoms with Gasteiger partial charge in [-0.1, -0.05) is 12.1 Å². The van der Waals surface area contributed by atoms with Crippen LogP contribution in [0.4, 0.5) is 4.39 Å². The van der Waals surface area contributed by atoms with E-state index in [2.05, 4.69) is 9.97 Å². The van der Waals surface area contributed by atoms with E-state index in [-0.39, 0.29) is 5.82 Å². The molecule has 0 saturated heterocycles. The number of hydrogen-bond acceptors (Lipinski definition) is 3. The van der Waals surface area contributed by atoms with Crippen LogP contribution in [0.15, 0.2) is 48.1 Å². The van der Waals surface area contributed by atoms with Gasteiger partial charge in [-0.2, -0.15) is 0 Å². The quantitative estimate of drug-likeness (QED) is 0.693. The minimum Gasteiger partial charge on any atom is -0.263 e. The molecule has 0 atom stereocenters. The molecule has 94 valence electrons. The average Bonchev–Trinajstić information content (AvgIpc) is 2.86. The Morgan fingerprint density at radius 1 is 1.00 bits per heavy atom. The lowest BCUT2D eigenvalue weighted by Gasteiger charge is -2.03. The second-order valence-electron chi connectivity index (χ2n) is 4.22. The van der Waals surface area contributed by atoms with E-state index in [4.69, 9.17) is 0 Å². The summed E-state index contributed by atoms with van der Waals surface area (Å²) in [6.07, 6.45) is 3.57. The van der Waals surface area contributed by atoms with Crippen molar-refractivity contribution in [2.45, 2.75) is 6.92 Å². The Balaban J connectivity index is 2.02. The number of rotatable bonds is 2. The number of aryl methyl sites for hydroxylation is 1. The summed E-state index contributed by atoms with van der Waals surface area (Å²) in [5.74, 6) is -0.233. The molecule has 0 amide bonds. The summed E-state index contributed by atoms with van der Waals surface area (Å²) in [4.78, 5) is 8.69. The smallest absolute Gasteiger partial charge is 0.123 e. The SMILES string of the molecule is Cc1nc(-c2cncc(-c3ccc(F)cc3)c2)cs1. The van der Waals surface area contributed by atoms with Crippen molar-refractivity contribution in [3.05, 3.63) is 58.9 Å². The number of pyridine rings is 1. The van der Waals surface area contributed by atoms with Crippen LogP contribution in [0.5, 0.6) is 0 Å². The number of nitrogens with zero attached hydrogens (tertiary/aromatic N) is 2. The van der Waals surface area contributed by atoms with Gasteiger partial charge in [-0.3, -0.25) is 4.98 Å². The summed E-state index contributed by atoms with van der Waals surface area (Å²) in [7, 11) is 0. The van der Waals surface area contributed by atoms with Crippen molar-refractivity contribution in [2.24, 2.45) is 0 Å². The van der Waals surface area contributed by atoms with Crippen LogP contribution in [0.1, 0.15) is 5.01 Å². The van der Waals surface area contributed by atoms with Crippen LogP contribution in [-0.4, -0.2) is 9.97 Å². The van der Waals surface area contributed by atoms with E-state index in [0.717, 1.165) is 27.4 Å². The van der Waals surface area contributed by atoms with Gasteiger partial charge in [0.05, 0.1) is 10.7 Å².